The lowest BCUT2D eigenvalue weighted by molar-refractivity contribution is 0.146. The van der Waals surface area contributed by atoms with Crippen LogP contribution < -0.4 is 0 Å². The number of hydrogen-bond acceptors (Lipinski definition) is 3. The first-order valence-electron chi connectivity index (χ1n) is 6.57. The van der Waals surface area contributed by atoms with Crippen molar-refractivity contribution in [3.05, 3.63) is 22.8 Å². The molecule has 1 aromatic rings. The van der Waals surface area contributed by atoms with E-state index >= 15 is 0 Å². The summed E-state index contributed by atoms with van der Waals surface area (Å²) in [4.78, 5) is 9.48. The van der Waals surface area contributed by atoms with Crippen molar-refractivity contribution < 1.29 is 4.74 Å². The van der Waals surface area contributed by atoms with Gasteiger partial charge in [-0.1, -0.05) is 27.7 Å². The number of aromatic nitrogens is 2. The summed E-state index contributed by atoms with van der Waals surface area (Å²) < 4.78 is 5.54. The zero-order chi connectivity index (χ0) is 12.4. The van der Waals surface area contributed by atoms with E-state index in [1.165, 1.54) is 17.0 Å². The standard InChI is InChI=1S/C14H22N2O/c1-9(2)13-11-5-7-17-8-6-12(11)15-14(16-13)10(3)4/h9-10H,5-8H2,1-4H3. The van der Waals surface area contributed by atoms with Gasteiger partial charge in [0.1, 0.15) is 5.82 Å². The van der Waals surface area contributed by atoms with E-state index in [1.54, 1.807) is 0 Å². The number of rotatable bonds is 2. The van der Waals surface area contributed by atoms with Gasteiger partial charge >= 0.3 is 0 Å². The Morgan fingerprint density at radius 2 is 1.65 bits per heavy atom. The van der Waals surface area contributed by atoms with Crippen LogP contribution in [0, 0.1) is 0 Å². The lowest BCUT2D eigenvalue weighted by Crippen LogP contribution is -2.12. The Hall–Kier alpha value is -0.960. The Labute approximate surface area is 104 Å². The maximum absolute atomic E-state index is 5.54. The number of fused-ring (bicyclic) bond motifs is 1. The first kappa shape index (κ1) is 12.5. The minimum Gasteiger partial charge on any atom is -0.381 e. The van der Waals surface area contributed by atoms with Crippen LogP contribution in [-0.2, 0) is 17.6 Å². The van der Waals surface area contributed by atoms with Gasteiger partial charge in [-0.25, -0.2) is 9.97 Å². The predicted molar refractivity (Wildman–Crippen MR) is 68.4 cm³/mol. The SMILES string of the molecule is CC(C)c1nc2c(c(C(C)C)n1)CCOCC2. The van der Waals surface area contributed by atoms with Gasteiger partial charge in [-0.2, -0.15) is 0 Å². The highest BCUT2D eigenvalue weighted by Crippen LogP contribution is 2.24. The zero-order valence-electron chi connectivity index (χ0n) is 11.3. The molecule has 3 nitrogen and oxygen atoms in total. The molecule has 2 rings (SSSR count). The molecule has 0 spiro atoms. The van der Waals surface area contributed by atoms with E-state index in [1.807, 2.05) is 0 Å². The molecule has 0 saturated heterocycles. The Morgan fingerprint density at radius 3 is 2.29 bits per heavy atom. The van der Waals surface area contributed by atoms with Gasteiger partial charge in [-0.05, 0) is 17.9 Å². The van der Waals surface area contributed by atoms with Crippen LogP contribution in [0.3, 0.4) is 0 Å². The highest BCUT2D eigenvalue weighted by Gasteiger charge is 2.19. The van der Waals surface area contributed by atoms with Crippen LogP contribution in [0.25, 0.3) is 0 Å². The maximum Gasteiger partial charge on any atom is 0.131 e. The van der Waals surface area contributed by atoms with Crippen LogP contribution in [-0.4, -0.2) is 23.2 Å². The van der Waals surface area contributed by atoms with Crippen molar-refractivity contribution in [3.63, 3.8) is 0 Å². The molecular formula is C14H22N2O. The van der Waals surface area contributed by atoms with Crippen molar-refractivity contribution in [1.29, 1.82) is 0 Å². The monoisotopic (exact) mass is 234 g/mol. The third-order valence-electron chi connectivity index (χ3n) is 3.18. The van der Waals surface area contributed by atoms with E-state index < -0.39 is 0 Å². The van der Waals surface area contributed by atoms with Crippen LogP contribution in [0.15, 0.2) is 0 Å². The lowest BCUT2D eigenvalue weighted by atomic mass is 9.98. The summed E-state index contributed by atoms with van der Waals surface area (Å²) in [5, 5.41) is 0. The summed E-state index contributed by atoms with van der Waals surface area (Å²) in [5.74, 6) is 1.83. The fourth-order valence-electron chi connectivity index (χ4n) is 2.23. The molecule has 1 aromatic heterocycles. The first-order chi connectivity index (χ1) is 8.09. The Morgan fingerprint density at radius 1 is 0.941 bits per heavy atom. The van der Waals surface area contributed by atoms with Crippen LogP contribution in [0.5, 0.6) is 0 Å². The molecule has 0 N–H and O–H groups in total. The van der Waals surface area contributed by atoms with Crippen molar-refractivity contribution in [1.82, 2.24) is 9.97 Å². The fourth-order valence-corrected chi connectivity index (χ4v) is 2.23. The van der Waals surface area contributed by atoms with E-state index in [4.69, 9.17) is 14.7 Å². The summed E-state index contributed by atoms with van der Waals surface area (Å²) in [5.41, 5.74) is 3.77. The second kappa shape index (κ2) is 5.13. The van der Waals surface area contributed by atoms with Crippen molar-refractivity contribution in [3.8, 4) is 0 Å². The van der Waals surface area contributed by atoms with Crippen LogP contribution >= 0.6 is 0 Å². The summed E-state index contributed by atoms with van der Waals surface area (Å²) in [7, 11) is 0. The highest BCUT2D eigenvalue weighted by molar-refractivity contribution is 5.30. The van der Waals surface area contributed by atoms with Gasteiger partial charge in [0.15, 0.2) is 0 Å². The zero-order valence-corrected chi connectivity index (χ0v) is 11.3. The van der Waals surface area contributed by atoms with Gasteiger partial charge in [0.25, 0.3) is 0 Å². The molecule has 3 heteroatoms. The minimum atomic E-state index is 0.391. The molecule has 17 heavy (non-hydrogen) atoms. The molecule has 0 saturated carbocycles. The van der Waals surface area contributed by atoms with E-state index in [2.05, 4.69) is 27.7 Å². The van der Waals surface area contributed by atoms with E-state index in [0.717, 1.165) is 31.9 Å². The Balaban J connectivity index is 2.51. The molecule has 1 aliphatic heterocycles. The predicted octanol–water partition coefficient (Wildman–Crippen LogP) is 2.84. The molecule has 2 heterocycles. The number of nitrogens with zero attached hydrogens (tertiary/aromatic N) is 2. The smallest absolute Gasteiger partial charge is 0.131 e. The number of ether oxygens (including phenoxy) is 1. The molecule has 94 valence electrons. The van der Waals surface area contributed by atoms with Crippen molar-refractivity contribution in [2.24, 2.45) is 0 Å². The topological polar surface area (TPSA) is 35.0 Å². The van der Waals surface area contributed by atoms with Gasteiger partial charge in [0.05, 0.1) is 18.9 Å². The van der Waals surface area contributed by atoms with Crippen molar-refractivity contribution in [2.45, 2.75) is 52.4 Å². The molecule has 0 atom stereocenters. The normalized spacial score (nSPS) is 16.1. The molecule has 0 fully saturated rings. The highest BCUT2D eigenvalue weighted by atomic mass is 16.5. The van der Waals surface area contributed by atoms with Crippen molar-refractivity contribution >= 4 is 0 Å². The fraction of sp³-hybridized carbons (Fsp3) is 0.714. The molecule has 0 bridgehead atoms. The number of hydrogen-bond donors (Lipinski definition) is 0. The van der Waals surface area contributed by atoms with Crippen LogP contribution in [0.1, 0.15) is 62.3 Å². The van der Waals surface area contributed by atoms with Gasteiger partial charge in [-0.3, -0.25) is 0 Å². The van der Waals surface area contributed by atoms with Gasteiger partial charge in [0, 0.05) is 18.0 Å². The van der Waals surface area contributed by atoms with E-state index in [9.17, 15) is 0 Å². The van der Waals surface area contributed by atoms with Crippen LogP contribution in [0.4, 0.5) is 0 Å². The van der Waals surface area contributed by atoms with E-state index in [-0.39, 0.29) is 0 Å². The van der Waals surface area contributed by atoms with Gasteiger partial charge in [0.2, 0.25) is 0 Å². The molecule has 0 aromatic carbocycles. The van der Waals surface area contributed by atoms with Crippen LogP contribution in [0.2, 0.25) is 0 Å². The third-order valence-corrected chi connectivity index (χ3v) is 3.18. The second-order valence-corrected chi connectivity index (χ2v) is 5.31. The Kier molecular flexibility index (Phi) is 3.77. The maximum atomic E-state index is 5.54. The average molecular weight is 234 g/mol. The van der Waals surface area contributed by atoms with Crippen molar-refractivity contribution in [2.75, 3.05) is 13.2 Å². The molecule has 0 radical (unpaired) electrons. The largest absolute Gasteiger partial charge is 0.381 e. The minimum absolute atomic E-state index is 0.391. The molecule has 0 aliphatic carbocycles. The summed E-state index contributed by atoms with van der Waals surface area (Å²) >= 11 is 0. The summed E-state index contributed by atoms with van der Waals surface area (Å²) in [6, 6.07) is 0. The molecule has 0 unspecified atom stereocenters. The summed E-state index contributed by atoms with van der Waals surface area (Å²) in [6.45, 7) is 10.3. The second-order valence-electron chi connectivity index (χ2n) is 5.31. The molecular weight excluding hydrogens is 212 g/mol. The quantitative estimate of drug-likeness (QED) is 0.789. The molecule has 1 aliphatic rings. The van der Waals surface area contributed by atoms with Gasteiger partial charge < -0.3 is 4.74 Å². The third kappa shape index (κ3) is 2.65. The Bertz CT molecular complexity index is 399. The van der Waals surface area contributed by atoms with E-state index in [0.29, 0.717) is 11.8 Å². The average Bonchev–Trinajstić information content (AvgIpc) is 2.51. The lowest BCUT2D eigenvalue weighted by Gasteiger charge is -2.16. The molecule has 0 amide bonds. The summed E-state index contributed by atoms with van der Waals surface area (Å²) in [6.07, 6.45) is 1.89. The van der Waals surface area contributed by atoms with Gasteiger partial charge in [-0.15, -0.1) is 0 Å². The first-order valence-corrected chi connectivity index (χ1v) is 6.57.